The number of likely N-dealkylation sites (tertiary alicyclic amines) is 1. The Kier molecular flexibility index (Phi) is 6.60. The van der Waals surface area contributed by atoms with Crippen molar-refractivity contribution in [1.82, 2.24) is 15.2 Å². The molecule has 2 unspecified atom stereocenters. The van der Waals surface area contributed by atoms with Gasteiger partial charge in [0.2, 0.25) is 0 Å². The van der Waals surface area contributed by atoms with Crippen LogP contribution < -0.4 is 15.8 Å². The number of carboxylic acid groups (broad SMARTS) is 1. The monoisotopic (exact) mass is 438 g/mol. The Bertz CT molecular complexity index is 941. The number of hydrogen-bond acceptors (Lipinski definition) is 5. The predicted octanol–water partition coefficient (Wildman–Crippen LogP) is 3.30. The largest absolute Gasteiger partial charge is 0.482 e. The zero-order valence-corrected chi connectivity index (χ0v) is 18.2. The van der Waals surface area contributed by atoms with Gasteiger partial charge in [-0.15, -0.1) is 0 Å². The Hall–Kier alpha value is -3.13. The number of rotatable bonds is 7. The minimum atomic E-state index is -0.963. The zero-order valence-electron chi connectivity index (χ0n) is 18.2. The molecule has 0 radical (unpaired) electrons. The average Bonchev–Trinajstić information content (AvgIpc) is 3.63. The van der Waals surface area contributed by atoms with E-state index in [2.05, 4.69) is 34.6 Å². The normalized spacial score (nSPS) is 20.3. The summed E-state index contributed by atoms with van der Waals surface area (Å²) < 4.78 is 6.11. The first-order valence-corrected chi connectivity index (χ1v) is 11.2. The lowest BCUT2D eigenvalue weighted by Crippen LogP contribution is -2.49. The summed E-state index contributed by atoms with van der Waals surface area (Å²) in [5.41, 5.74) is 8.81. The highest BCUT2D eigenvalue weighted by atomic mass is 16.5. The van der Waals surface area contributed by atoms with Crippen molar-refractivity contribution in [3.63, 3.8) is 0 Å². The highest BCUT2D eigenvalue weighted by Crippen LogP contribution is 2.40. The summed E-state index contributed by atoms with van der Waals surface area (Å²) in [4.78, 5) is 29.3. The molecule has 8 nitrogen and oxygen atoms in total. The van der Waals surface area contributed by atoms with Gasteiger partial charge < -0.3 is 25.8 Å². The van der Waals surface area contributed by atoms with Gasteiger partial charge in [-0.05, 0) is 61.8 Å². The Morgan fingerprint density at radius 2 is 1.94 bits per heavy atom. The molecular formula is C24H30N4O4. The van der Waals surface area contributed by atoms with Crippen molar-refractivity contribution in [3.8, 4) is 5.75 Å². The highest BCUT2D eigenvalue weighted by Gasteiger charge is 2.26. The summed E-state index contributed by atoms with van der Waals surface area (Å²) >= 11 is 0. The second-order valence-corrected chi connectivity index (χ2v) is 8.76. The molecule has 1 aromatic carbocycles. The summed E-state index contributed by atoms with van der Waals surface area (Å²) in [5, 5.41) is 12.0. The molecule has 2 heterocycles. The third-order valence-corrected chi connectivity index (χ3v) is 6.05. The van der Waals surface area contributed by atoms with Crippen LogP contribution >= 0.6 is 0 Å². The smallest absolute Gasteiger partial charge is 0.407 e. The lowest BCUT2D eigenvalue weighted by molar-refractivity contribution is 0.0883. The maximum atomic E-state index is 12.5. The summed E-state index contributed by atoms with van der Waals surface area (Å²) in [7, 11) is 0. The SMILES string of the molecule is CC(N)C(Oc1ccc(C(=O)N[C@H]2CCCN(C(=O)O)C2)nc1)c1ccc(C2CC2)cc1. The van der Waals surface area contributed by atoms with Crippen molar-refractivity contribution < 1.29 is 19.4 Å². The molecule has 2 fully saturated rings. The fraction of sp³-hybridized carbons (Fsp3) is 0.458. The van der Waals surface area contributed by atoms with Crippen molar-refractivity contribution in [3.05, 3.63) is 59.4 Å². The molecule has 1 saturated heterocycles. The number of carbonyl (C=O) groups excluding carboxylic acids is 1. The van der Waals surface area contributed by atoms with E-state index in [1.54, 1.807) is 12.1 Å². The molecule has 0 bridgehead atoms. The fourth-order valence-corrected chi connectivity index (χ4v) is 4.11. The summed E-state index contributed by atoms with van der Waals surface area (Å²) in [6.07, 6.45) is 4.22. The maximum absolute atomic E-state index is 12.5. The predicted molar refractivity (Wildman–Crippen MR) is 120 cm³/mol. The topological polar surface area (TPSA) is 118 Å². The Morgan fingerprint density at radius 1 is 1.19 bits per heavy atom. The van der Waals surface area contributed by atoms with E-state index in [0.29, 0.717) is 18.2 Å². The minimum Gasteiger partial charge on any atom is -0.482 e. The molecule has 32 heavy (non-hydrogen) atoms. The second-order valence-electron chi connectivity index (χ2n) is 8.76. The number of amides is 2. The number of nitrogens with two attached hydrogens (primary N) is 1. The molecule has 1 aliphatic carbocycles. The molecule has 2 aromatic rings. The van der Waals surface area contributed by atoms with Crippen LogP contribution in [0.5, 0.6) is 5.75 Å². The molecule has 3 atom stereocenters. The number of pyridine rings is 1. The van der Waals surface area contributed by atoms with Crippen molar-refractivity contribution in [1.29, 1.82) is 0 Å². The Labute approximate surface area is 187 Å². The van der Waals surface area contributed by atoms with E-state index in [4.69, 9.17) is 15.6 Å². The van der Waals surface area contributed by atoms with Crippen LogP contribution in [0.25, 0.3) is 0 Å². The first-order chi connectivity index (χ1) is 15.4. The highest BCUT2D eigenvalue weighted by molar-refractivity contribution is 5.92. The average molecular weight is 439 g/mol. The van der Waals surface area contributed by atoms with E-state index < -0.39 is 6.09 Å². The van der Waals surface area contributed by atoms with E-state index >= 15 is 0 Å². The molecule has 2 aliphatic rings. The molecule has 4 N–H and O–H groups in total. The van der Waals surface area contributed by atoms with E-state index in [1.807, 2.05) is 6.92 Å². The van der Waals surface area contributed by atoms with Crippen LogP contribution in [0.1, 0.15) is 66.2 Å². The van der Waals surface area contributed by atoms with Gasteiger partial charge in [0.15, 0.2) is 0 Å². The number of nitrogens with one attached hydrogen (secondary N) is 1. The molecule has 2 amide bonds. The molecule has 1 aliphatic heterocycles. The standard InChI is InChI=1S/C24H30N4O4/c1-15(25)22(18-8-6-17(7-9-18)16-4-5-16)32-20-10-11-21(26-13-20)23(29)27-19-3-2-12-28(14-19)24(30)31/h6-11,13,15-16,19,22H,2-5,12,14,25H2,1H3,(H,27,29)(H,30,31)/t15?,19-,22?/m0/s1. The first kappa shape index (κ1) is 22.1. The number of carbonyl (C=O) groups is 2. The van der Waals surface area contributed by atoms with Crippen LogP contribution in [0.4, 0.5) is 4.79 Å². The minimum absolute atomic E-state index is 0.217. The number of nitrogens with zero attached hydrogens (tertiary/aromatic N) is 2. The van der Waals surface area contributed by atoms with Crippen molar-refractivity contribution >= 4 is 12.0 Å². The van der Waals surface area contributed by atoms with Gasteiger partial charge in [-0.1, -0.05) is 24.3 Å². The summed E-state index contributed by atoms with van der Waals surface area (Å²) in [6.45, 7) is 2.69. The van der Waals surface area contributed by atoms with Crippen LogP contribution in [-0.2, 0) is 0 Å². The molecule has 8 heteroatoms. The fourth-order valence-electron chi connectivity index (χ4n) is 4.11. The third kappa shape index (κ3) is 5.37. The molecule has 4 rings (SSSR count). The number of hydrogen-bond donors (Lipinski definition) is 3. The number of aromatic nitrogens is 1. The van der Waals surface area contributed by atoms with E-state index in [0.717, 1.165) is 18.4 Å². The van der Waals surface area contributed by atoms with Crippen LogP contribution in [0.2, 0.25) is 0 Å². The van der Waals surface area contributed by atoms with Crippen LogP contribution in [0.15, 0.2) is 42.6 Å². The van der Waals surface area contributed by atoms with Gasteiger partial charge in [0.25, 0.3) is 5.91 Å². The van der Waals surface area contributed by atoms with Gasteiger partial charge in [0, 0.05) is 25.2 Å². The number of piperidine rings is 1. The second kappa shape index (κ2) is 9.56. The van der Waals surface area contributed by atoms with Gasteiger partial charge in [-0.25, -0.2) is 9.78 Å². The molecular weight excluding hydrogens is 408 g/mol. The molecule has 0 spiro atoms. The van der Waals surface area contributed by atoms with Crippen LogP contribution in [0.3, 0.4) is 0 Å². The van der Waals surface area contributed by atoms with Crippen LogP contribution in [0, 0.1) is 0 Å². The van der Waals surface area contributed by atoms with Crippen LogP contribution in [-0.4, -0.2) is 52.2 Å². The van der Waals surface area contributed by atoms with Gasteiger partial charge in [-0.3, -0.25) is 4.79 Å². The summed E-state index contributed by atoms with van der Waals surface area (Å²) in [5.74, 6) is 0.903. The van der Waals surface area contributed by atoms with E-state index in [1.165, 1.54) is 29.5 Å². The lowest BCUT2D eigenvalue weighted by atomic mass is 10.0. The molecule has 170 valence electrons. The molecule has 1 aromatic heterocycles. The third-order valence-electron chi connectivity index (χ3n) is 6.05. The Balaban J connectivity index is 1.37. The zero-order chi connectivity index (χ0) is 22.7. The van der Waals surface area contributed by atoms with E-state index in [9.17, 15) is 9.59 Å². The van der Waals surface area contributed by atoms with Crippen molar-refractivity contribution in [2.24, 2.45) is 5.73 Å². The van der Waals surface area contributed by atoms with Gasteiger partial charge in [-0.2, -0.15) is 0 Å². The maximum Gasteiger partial charge on any atom is 0.407 e. The quantitative estimate of drug-likeness (QED) is 0.610. The Morgan fingerprint density at radius 3 is 2.53 bits per heavy atom. The van der Waals surface area contributed by atoms with Gasteiger partial charge >= 0.3 is 6.09 Å². The van der Waals surface area contributed by atoms with Gasteiger partial charge in [0.05, 0.1) is 6.20 Å². The lowest BCUT2D eigenvalue weighted by Gasteiger charge is -2.31. The number of ether oxygens (including phenoxy) is 1. The molecule has 1 saturated carbocycles. The van der Waals surface area contributed by atoms with E-state index in [-0.39, 0.29) is 36.3 Å². The van der Waals surface area contributed by atoms with Crippen molar-refractivity contribution in [2.75, 3.05) is 13.1 Å². The number of benzene rings is 1. The first-order valence-electron chi connectivity index (χ1n) is 11.2. The van der Waals surface area contributed by atoms with Gasteiger partial charge in [0.1, 0.15) is 17.5 Å². The van der Waals surface area contributed by atoms with Crippen molar-refractivity contribution in [2.45, 2.75) is 56.7 Å². The summed E-state index contributed by atoms with van der Waals surface area (Å²) in [6, 6.07) is 11.3.